The molecule has 2 aromatic rings. The maximum absolute atomic E-state index is 11.9. The first-order valence-corrected chi connectivity index (χ1v) is 8.14. The Bertz CT molecular complexity index is 627. The van der Waals surface area contributed by atoms with Crippen LogP contribution in [0.5, 0.6) is 0 Å². The summed E-state index contributed by atoms with van der Waals surface area (Å²) >= 11 is 1.59. The van der Waals surface area contributed by atoms with Crippen molar-refractivity contribution in [1.82, 2.24) is 10.3 Å². The number of hydrogen-bond donors (Lipinski definition) is 3. The van der Waals surface area contributed by atoms with E-state index in [1.165, 1.54) is 0 Å². The first-order valence-electron chi connectivity index (χ1n) is 7.26. The molecule has 2 rings (SSSR count). The summed E-state index contributed by atoms with van der Waals surface area (Å²) < 4.78 is 0. The highest BCUT2D eigenvalue weighted by molar-refractivity contribution is 7.13. The van der Waals surface area contributed by atoms with Crippen molar-refractivity contribution in [2.45, 2.75) is 20.3 Å². The number of urea groups is 1. The van der Waals surface area contributed by atoms with E-state index in [1.54, 1.807) is 11.3 Å². The number of aryl methyl sites for hydroxylation is 1. The average Bonchev–Trinajstić information content (AvgIpc) is 2.92. The maximum atomic E-state index is 11.9. The van der Waals surface area contributed by atoms with Gasteiger partial charge in [0, 0.05) is 35.5 Å². The molecule has 0 aliphatic rings. The molecular formula is C16H21N3O2S. The van der Waals surface area contributed by atoms with Crippen molar-refractivity contribution < 1.29 is 9.90 Å². The third-order valence-electron chi connectivity index (χ3n) is 3.22. The zero-order valence-corrected chi connectivity index (χ0v) is 13.6. The van der Waals surface area contributed by atoms with Gasteiger partial charge in [-0.25, -0.2) is 9.78 Å². The molecule has 0 radical (unpaired) electrons. The van der Waals surface area contributed by atoms with E-state index in [2.05, 4.69) is 15.6 Å². The highest BCUT2D eigenvalue weighted by Gasteiger charge is 2.07. The summed E-state index contributed by atoms with van der Waals surface area (Å²) in [6.07, 6.45) is 0.680. The van der Waals surface area contributed by atoms with E-state index in [4.69, 9.17) is 5.11 Å². The van der Waals surface area contributed by atoms with Gasteiger partial charge in [0.25, 0.3) is 0 Å². The lowest BCUT2D eigenvalue weighted by molar-refractivity contribution is 0.243. The SMILES string of the molecule is Cc1csc(-c2cccc(NC(=O)NCC(C)CCO)c2)n1. The summed E-state index contributed by atoms with van der Waals surface area (Å²) in [5.41, 5.74) is 2.72. The number of carbonyl (C=O) groups excluding carboxylic acids is 1. The lowest BCUT2D eigenvalue weighted by Gasteiger charge is -2.12. The number of amides is 2. The van der Waals surface area contributed by atoms with Crippen molar-refractivity contribution in [2.24, 2.45) is 5.92 Å². The predicted molar refractivity (Wildman–Crippen MR) is 90.2 cm³/mol. The molecule has 6 heteroatoms. The van der Waals surface area contributed by atoms with Crippen LogP contribution >= 0.6 is 11.3 Å². The molecule has 22 heavy (non-hydrogen) atoms. The molecular weight excluding hydrogens is 298 g/mol. The van der Waals surface area contributed by atoms with E-state index in [9.17, 15) is 4.79 Å². The van der Waals surface area contributed by atoms with Gasteiger partial charge in [-0.1, -0.05) is 19.1 Å². The third-order valence-corrected chi connectivity index (χ3v) is 4.23. The smallest absolute Gasteiger partial charge is 0.319 e. The van der Waals surface area contributed by atoms with E-state index in [-0.39, 0.29) is 18.6 Å². The number of nitrogens with zero attached hydrogens (tertiary/aromatic N) is 1. The number of anilines is 1. The summed E-state index contributed by atoms with van der Waals surface area (Å²) in [6, 6.07) is 7.40. The first-order chi connectivity index (χ1) is 10.6. The van der Waals surface area contributed by atoms with Gasteiger partial charge in [0.05, 0.1) is 0 Å². The Labute approximate surface area is 134 Å². The van der Waals surface area contributed by atoms with Crippen LogP contribution in [0.4, 0.5) is 10.5 Å². The fraction of sp³-hybridized carbons (Fsp3) is 0.375. The first kappa shape index (κ1) is 16.5. The van der Waals surface area contributed by atoms with Crippen LogP contribution in [0.2, 0.25) is 0 Å². The molecule has 0 saturated carbocycles. The second-order valence-electron chi connectivity index (χ2n) is 5.33. The van der Waals surface area contributed by atoms with Crippen molar-refractivity contribution in [3.8, 4) is 10.6 Å². The summed E-state index contributed by atoms with van der Waals surface area (Å²) in [6.45, 7) is 4.63. The van der Waals surface area contributed by atoms with Crippen molar-refractivity contribution >= 4 is 23.1 Å². The van der Waals surface area contributed by atoms with Gasteiger partial charge in [0.1, 0.15) is 5.01 Å². The Morgan fingerprint density at radius 3 is 2.95 bits per heavy atom. The van der Waals surface area contributed by atoms with E-state index in [0.717, 1.165) is 22.0 Å². The molecule has 1 heterocycles. The van der Waals surface area contributed by atoms with E-state index < -0.39 is 0 Å². The lowest BCUT2D eigenvalue weighted by Crippen LogP contribution is -2.32. The van der Waals surface area contributed by atoms with Crippen molar-refractivity contribution in [3.63, 3.8) is 0 Å². The van der Waals surface area contributed by atoms with Crippen LogP contribution in [0.25, 0.3) is 10.6 Å². The summed E-state index contributed by atoms with van der Waals surface area (Å²) in [7, 11) is 0. The second-order valence-corrected chi connectivity index (χ2v) is 6.19. The molecule has 118 valence electrons. The Balaban J connectivity index is 1.94. The fourth-order valence-corrected chi connectivity index (χ4v) is 2.78. The zero-order valence-electron chi connectivity index (χ0n) is 12.8. The van der Waals surface area contributed by atoms with E-state index >= 15 is 0 Å². The minimum atomic E-state index is -0.239. The van der Waals surface area contributed by atoms with Gasteiger partial charge < -0.3 is 15.7 Å². The van der Waals surface area contributed by atoms with Gasteiger partial charge in [0.2, 0.25) is 0 Å². The van der Waals surface area contributed by atoms with Crippen molar-refractivity contribution in [2.75, 3.05) is 18.5 Å². The monoisotopic (exact) mass is 319 g/mol. The Morgan fingerprint density at radius 1 is 1.45 bits per heavy atom. The normalized spacial score (nSPS) is 12.0. The van der Waals surface area contributed by atoms with Gasteiger partial charge >= 0.3 is 6.03 Å². The number of benzene rings is 1. The topological polar surface area (TPSA) is 74.2 Å². The number of aliphatic hydroxyl groups is 1. The van der Waals surface area contributed by atoms with Crippen LogP contribution in [-0.4, -0.2) is 29.3 Å². The minimum Gasteiger partial charge on any atom is -0.396 e. The van der Waals surface area contributed by atoms with Gasteiger partial charge in [0.15, 0.2) is 0 Å². The molecule has 1 aromatic heterocycles. The molecule has 0 saturated heterocycles. The molecule has 0 aliphatic heterocycles. The zero-order chi connectivity index (χ0) is 15.9. The summed E-state index contributed by atoms with van der Waals surface area (Å²) in [5.74, 6) is 0.250. The fourth-order valence-electron chi connectivity index (χ4n) is 1.98. The molecule has 0 bridgehead atoms. The number of carbonyl (C=O) groups is 1. The number of aliphatic hydroxyl groups excluding tert-OH is 1. The van der Waals surface area contributed by atoms with Gasteiger partial charge in [-0.05, 0) is 31.4 Å². The van der Waals surface area contributed by atoms with Crippen molar-refractivity contribution in [3.05, 3.63) is 35.3 Å². The van der Waals surface area contributed by atoms with Gasteiger partial charge in [-0.2, -0.15) is 0 Å². The third kappa shape index (κ3) is 4.82. The summed E-state index contributed by atoms with van der Waals surface area (Å²) in [5, 5.41) is 17.4. The van der Waals surface area contributed by atoms with Crippen LogP contribution in [-0.2, 0) is 0 Å². The van der Waals surface area contributed by atoms with Crippen LogP contribution < -0.4 is 10.6 Å². The number of hydrogen-bond acceptors (Lipinski definition) is 4. The van der Waals surface area contributed by atoms with Crippen LogP contribution in [0.3, 0.4) is 0 Å². The molecule has 5 nitrogen and oxygen atoms in total. The second kappa shape index (κ2) is 7.91. The molecule has 3 N–H and O–H groups in total. The van der Waals surface area contributed by atoms with Crippen LogP contribution in [0.15, 0.2) is 29.6 Å². The Morgan fingerprint density at radius 2 is 2.27 bits per heavy atom. The van der Waals surface area contributed by atoms with Gasteiger partial charge in [-0.3, -0.25) is 0 Å². The molecule has 1 aromatic carbocycles. The molecule has 0 aliphatic carbocycles. The highest BCUT2D eigenvalue weighted by atomic mass is 32.1. The highest BCUT2D eigenvalue weighted by Crippen LogP contribution is 2.25. The number of nitrogens with one attached hydrogen (secondary N) is 2. The quantitative estimate of drug-likeness (QED) is 0.765. The number of thiazole rings is 1. The standard InChI is InChI=1S/C16H21N3O2S/c1-11(6-7-20)9-17-16(21)19-14-5-3-4-13(8-14)15-18-12(2)10-22-15/h3-5,8,10-11,20H,6-7,9H2,1-2H3,(H2,17,19,21). The molecule has 0 spiro atoms. The van der Waals surface area contributed by atoms with Gasteiger partial charge in [-0.15, -0.1) is 11.3 Å². The maximum Gasteiger partial charge on any atom is 0.319 e. The Kier molecular flexibility index (Phi) is 5.91. The van der Waals surface area contributed by atoms with Crippen LogP contribution in [0.1, 0.15) is 19.0 Å². The largest absolute Gasteiger partial charge is 0.396 e. The van der Waals surface area contributed by atoms with Crippen molar-refractivity contribution in [1.29, 1.82) is 0 Å². The molecule has 0 fully saturated rings. The molecule has 2 amide bonds. The number of aromatic nitrogens is 1. The van der Waals surface area contributed by atoms with E-state index in [0.29, 0.717) is 13.0 Å². The average molecular weight is 319 g/mol. The minimum absolute atomic E-state index is 0.139. The lowest BCUT2D eigenvalue weighted by atomic mass is 10.1. The molecule has 1 atom stereocenters. The Hall–Kier alpha value is -1.92. The summed E-state index contributed by atoms with van der Waals surface area (Å²) in [4.78, 5) is 16.3. The van der Waals surface area contributed by atoms with Crippen LogP contribution in [0, 0.1) is 12.8 Å². The molecule has 1 unspecified atom stereocenters. The predicted octanol–water partition coefficient (Wildman–Crippen LogP) is 3.26. The number of rotatable bonds is 6. The van der Waals surface area contributed by atoms with E-state index in [1.807, 2.05) is 43.5 Å².